The number of aliphatic hydroxyl groups is 2. The van der Waals surface area contributed by atoms with Crippen LogP contribution in [0.3, 0.4) is 0 Å². The van der Waals surface area contributed by atoms with Gasteiger partial charge in [0.1, 0.15) is 24.7 Å². The summed E-state index contributed by atoms with van der Waals surface area (Å²) in [6.07, 6.45) is 4.27. The number of benzene rings is 3. The van der Waals surface area contributed by atoms with E-state index < -0.39 is 5.41 Å². The van der Waals surface area contributed by atoms with E-state index in [1.165, 1.54) is 22.3 Å². The van der Waals surface area contributed by atoms with Crippen LogP contribution in [-0.4, -0.2) is 36.6 Å². The van der Waals surface area contributed by atoms with Crippen molar-refractivity contribution >= 4 is 5.57 Å². The molecule has 2 N–H and O–H groups in total. The quantitative estimate of drug-likeness (QED) is 0.483. The Morgan fingerprint density at radius 3 is 1.76 bits per heavy atom. The number of allylic oxidation sites excluding steroid dienone is 4. The molecular formula is C29H30O4. The molecule has 0 radical (unpaired) electrons. The van der Waals surface area contributed by atoms with Gasteiger partial charge in [0, 0.05) is 0 Å². The summed E-state index contributed by atoms with van der Waals surface area (Å²) in [4.78, 5) is 0. The van der Waals surface area contributed by atoms with Crippen LogP contribution in [0.5, 0.6) is 11.5 Å². The standard InChI is InChI=1S/C29H30O4/c1-3-6-26-21(2)29(28-8-5-4-7-27(26)28,22-9-13-24(14-10-22)32-19-17-30)23-11-15-25(16-12-23)33-20-18-31/h3-16,30-31H,17-20H2,1-2H3/b6-3-. The van der Waals surface area contributed by atoms with Crippen LogP contribution in [0.15, 0.2) is 90.5 Å². The van der Waals surface area contributed by atoms with Crippen LogP contribution in [0.25, 0.3) is 5.57 Å². The molecule has 33 heavy (non-hydrogen) atoms. The number of fused-ring (bicyclic) bond motifs is 1. The molecule has 0 fully saturated rings. The molecule has 1 aliphatic carbocycles. The van der Waals surface area contributed by atoms with Crippen LogP contribution >= 0.6 is 0 Å². The molecule has 0 aliphatic heterocycles. The monoisotopic (exact) mass is 442 g/mol. The van der Waals surface area contributed by atoms with Crippen LogP contribution in [0.2, 0.25) is 0 Å². The summed E-state index contributed by atoms with van der Waals surface area (Å²) >= 11 is 0. The van der Waals surface area contributed by atoms with E-state index in [9.17, 15) is 0 Å². The topological polar surface area (TPSA) is 58.9 Å². The third-order valence-corrected chi connectivity index (χ3v) is 6.22. The van der Waals surface area contributed by atoms with Crippen LogP contribution < -0.4 is 9.47 Å². The lowest BCUT2D eigenvalue weighted by atomic mass is 9.67. The van der Waals surface area contributed by atoms with Gasteiger partial charge in [0.15, 0.2) is 0 Å². The summed E-state index contributed by atoms with van der Waals surface area (Å²) in [5.74, 6) is 1.47. The number of hydrogen-bond acceptors (Lipinski definition) is 4. The summed E-state index contributed by atoms with van der Waals surface area (Å²) in [6, 6.07) is 24.9. The van der Waals surface area contributed by atoms with Crippen molar-refractivity contribution < 1.29 is 19.7 Å². The molecule has 3 aromatic rings. The molecule has 0 atom stereocenters. The van der Waals surface area contributed by atoms with Crippen molar-refractivity contribution in [3.05, 3.63) is 113 Å². The third kappa shape index (κ3) is 4.08. The maximum absolute atomic E-state index is 9.08. The molecule has 170 valence electrons. The first-order valence-electron chi connectivity index (χ1n) is 11.3. The highest BCUT2D eigenvalue weighted by Gasteiger charge is 2.45. The number of ether oxygens (including phenoxy) is 2. The predicted molar refractivity (Wildman–Crippen MR) is 132 cm³/mol. The Bertz CT molecular complexity index is 1090. The van der Waals surface area contributed by atoms with E-state index in [0.29, 0.717) is 0 Å². The number of aliphatic hydroxyl groups excluding tert-OH is 2. The van der Waals surface area contributed by atoms with Gasteiger partial charge in [0.05, 0.1) is 18.6 Å². The SMILES string of the molecule is C/C=C\C1=C(C)C(c2ccc(OCCO)cc2)(c2ccc(OCCO)cc2)c2ccccc21. The largest absolute Gasteiger partial charge is 0.491 e. The van der Waals surface area contributed by atoms with Gasteiger partial charge in [-0.25, -0.2) is 0 Å². The van der Waals surface area contributed by atoms with E-state index in [1.54, 1.807) is 0 Å². The molecule has 4 nitrogen and oxygen atoms in total. The van der Waals surface area contributed by atoms with E-state index in [0.717, 1.165) is 22.6 Å². The van der Waals surface area contributed by atoms with E-state index in [4.69, 9.17) is 19.7 Å². The highest BCUT2D eigenvalue weighted by molar-refractivity contribution is 5.89. The van der Waals surface area contributed by atoms with Crippen molar-refractivity contribution in [1.82, 2.24) is 0 Å². The first-order chi connectivity index (χ1) is 16.2. The highest BCUT2D eigenvalue weighted by atomic mass is 16.5. The predicted octanol–water partition coefficient (Wildman–Crippen LogP) is 5.13. The molecule has 0 unspecified atom stereocenters. The van der Waals surface area contributed by atoms with Crippen molar-refractivity contribution in [1.29, 1.82) is 0 Å². The summed E-state index contributed by atoms with van der Waals surface area (Å²) in [5, 5.41) is 18.2. The maximum atomic E-state index is 9.08. The lowest BCUT2D eigenvalue weighted by Gasteiger charge is -2.34. The second kappa shape index (κ2) is 10.1. The Morgan fingerprint density at radius 1 is 0.758 bits per heavy atom. The fourth-order valence-electron chi connectivity index (χ4n) is 4.87. The van der Waals surface area contributed by atoms with Gasteiger partial charge in [0.25, 0.3) is 0 Å². The lowest BCUT2D eigenvalue weighted by Crippen LogP contribution is -2.29. The molecule has 3 aromatic carbocycles. The van der Waals surface area contributed by atoms with Crippen molar-refractivity contribution in [3.8, 4) is 11.5 Å². The number of hydrogen-bond donors (Lipinski definition) is 2. The summed E-state index contributed by atoms with van der Waals surface area (Å²) < 4.78 is 11.2. The van der Waals surface area contributed by atoms with Crippen molar-refractivity contribution in [2.45, 2.75) is 19.3 Å². The second-order valence-electron chi connectivity index (χ2n) is 8.03. The summed E-state index contributed by atoms with van der Waals surface area (Å²) in [5.41, 5.74) is 6.79. The Hall–Kier alpha value is -3.34. The van der Waals surface area contributed by atoms with Gasteiger partial charge in [-0.1, -0.05) is 60.7 Å². The second-order valence-corrected chi connectivity index (χ2v) is 8.03. The zero-order chi connectivity index (χ0) is 23.3. The Labute approximate surface area is 195 Å². The molecule has 0 heterocycles. The fourth-order valence-corrected chi connectivity index (χ4v) is 4.87. The molecule has 0 saturated carbocycles. The van der Waals surface area contributed by atoms with Gasteiger partial charge in [-0.15, -0.1) is 0 Å². The van der Waals surface area contributed by atoms with Crippen molar-refractivity contribution in [2.75, 3.05) is 26.4 Å². The normalized spacial score (nSPS) is 14.5. The van der Waals surface area contributed by atoms with Gasteiger partial charge >= 0.3 is 0 Å². The zero-order valence-electron chi connectivity index (χ0n) is 19.1. The van der Waals surface area contributed by atoms with Gasteiger partial charge < -0.3 is 19.7 Å². The minimum Gasteiger partial charge on any atom is -0.491 e. The van der Waals surface area contributed by atoms with Crippen LogP contribution in [-0.2, 0) is 5.41 Å². The minimum absolute atomic E-state index is 0.0156. The van der Waals surface area contributed by atoms with Gasteiger partial charge in [0.2, 0.25) is 0 Å². The summed E-state index contributed by atoms with van der Waals surface area (Å²) in [6.45, 7) is 4.77. The molecule has 0 bridgehead atoms. The first-order valence-corrected chi connectivity index (χ1v) is 11.3. The van der Waals surface area contributed by atoms with Gasteiger partial charge in [-0.3, -0.25) is 0 Å². The van der Waals surface area contributed by atoms with Crippen molar-refractivity contribution in [2.24, 2.45) is 0 Å². The average Bonchev–Trinajstić information content (AvgIpc) is 3.11. The van der Waals surface area contributed by atoms with E-state index in [2.05, 4.69) is 67.6 Å². The zero-order valence-corrected chi connectivity index (χ0v) is 19.1. The number of rotatable bonds is 9. The molecular weight excluding hydrogens is 412 g/mol. The van der Waals surface area contributed by atoms with Crippen LogP contribution in [0, 0.1) is 0 Å². The van der Waals surface area contributed by atoms with Gasteiger partial charge in [-0.2, -0.15) is 0 Å². The van der Waals surface area contributed by atoms with Crippen LogP contribution in [0.1, 0.15) is 36.1 Å². The highest BCUT2D eigenvalue weighted by Crippen LogP contribution is 2.54. The van der Waals surface area contributed by atoms with Crippen LogP contribution in [0.4, 0.5) is 0 Å². The molecule has 0 aromatic heterocycles. The lowest BCUT2D eigenvalue weighted by molar-refractivity contribution is 0.201. The Balaban J connectivity index is 1.92. The molecule has 1 aliphatic rings. The van der Waals surface area contributed by atoms with Crippen molar-refractivity contribution in [3.63, 3.8) is 0 Å². The fraction of sp³-hybridized carbons (Fsp3) is 0.241. The van der Waals surface area contributed by atoms with E-state index >= 15 is 0 Å². The average molecular weight is 443 g/mol. The molecule has 4 rings (SSSR count). The molecule has 0 saturated heterocycles. The summed E-state index contributed by atoms with van der Waals surface area (Å²) in [7, 11) is 0. The smallest absolute Gasteiger partial charge is 0.119 e. The first kappa shape index (κ1) is 22.8. The molecule has 0 spiro atoms. The third-order valence-electron chi connectivity index (χ3n) is 6.22. The van der Waals surface area contributed by atoms with E-state index in [-0.39, 0.29) is 26.4 Å². The molecule has 4 heteroatoms. The molecule has 0 amide bonds. The van der Waals surface area contributed by atoms with E-state index in [1.807, 2.05) is 31.2 Å². The maximum Gasteiger partial charge on any atom is 0.119 e. The minimum atomic E-state index is -0.462. The Kier molecular flexibility index (Phi) is 6.97. The Morgan fingerprint density at radius 2 is 1.27 bits per heavy atom. The van der Waals surface area contributed by atoms with Gasteiger partial charge in [-0.05, 0) is 71.5 Å².